The number of amides is 1. The van der Waals surface area contributed by atoms with Gasteiger partial charge >= 0.3 is 6.09 Å². The lowest BCUT2D eigenvalue weighted by molar-refractivity contribution is -0.0131. The number of likely N-dealkylation sites (tertiary alicyclic amines) is 1. The molecule has 1 N–H and O–H groups in total. The van der Waals surface area contributed by atoms with Gasteiger partial charge in [-0.1, -0.05) is 13.8 Å². The molecule has 1 aliphatic heterocycles. The fourth-order valence-corrected chi connectivity index (χ4v) is 4.61. The van der Waals surface area contributed by atoms with Gasteiger partial charge in [0, 0.05) is 18.8 Å². The standard InChI is InChI=1S/C17H32N2O4S/c1-12(2)13-5-7-14(8-6-13)23-11-16-15(18-24(4)21)9-10-19(16)17(20)22-3/h12-16,18H,5-11H2,1-4H3. The molecule has 0 radical (unpaired) electrons. The summed E-state index contributed by atoms with van der Waals surface area (Å²) in [5.74, 6) is 1.54. The second kappa shape index (κ2) is 9.15. The quantitative estimate of drug-likeness (QED) is 0.789. The van der Waals surface area contributed by atoms with E-state index in [0.717, 1.165) is 31.1 Å². The minimum absolute atomic E-state index is 0.0121. The van der Waals surface area contributed by atoms with E-state index in [-0.39, 0.29) is 24.3 Å². The van der Waals surface area contributed by atoms with Crippen LogP contribution in [0.1, 0.15) is 46.0 Å². The number of hydrogen-bond donors (Lipinski definition) is 1. The van der Waals surface area contributed by atoms with E-state index in [9.17, 15) is 9.00 Å². The number of nitrogens with zero attached hydrogens (tertiary/aromatic N) is 1. The summed E-state index contributed by atoms with van der Waals surface area (Å²) in [6.07, 6.45) is 6.93. The predicted molar refractivity (Wildman–Crippen MR) is 95.0 cm³/mol. The van der Waals surface area contributed by atoms with Crippen LogP contribution in [-0.4, -0.2) is 59.9 Å². The molecule has 2 fully saturated rings. The van der Waals surface area contributed by atoms with Gasteiger partial charge in [0.05, 0.1) is 36.8 Å². The lowest BCUT2D eigenvalue weighted by Crippen LogP contribution is -2.48. The molecule has 2 aliphatic rings. The molecule has 3 atom stereocenters. The molecule has 3 unspecified atom stereocenters. The van der Waals surface area contributed by atoms with Crippen molar-refractivity contribution < 1.29 is 18.5 Å². The van der Waals surface area contributed by atoms with Crippen molar-refractivity contribution in [2.45, 2.75) is 64.1 Å². The second-order valence-electron chi connectivity index (χ2n) is 7.31. The van der Waals surface area contributed by atoms with Crippen molar-refractivity contribution in [2.24, 2.45) is 11.8 Å². The van der Waals surface area contributed by atoms with Crippen LogP contribution in [0.4, 0.5) is 4.79 Å². The monoisotopic (exact) mass is 360 g/mol. The topological polar surface area (TPSA) is 67.9 Å². The maximum absolute atomic E-state index is 12.0. The summed E-state index contributed by atoms with van der Waals surface area (Å²) in [7, 11) is 0.286. The molecule has 0 aromatic heterocycles. The fourth-order valence-electron chi connectivity index (χ4n) is 3.91. The second-order valence-corrected chi connectivity index (χ2v) is 8.46. The van der Waals surface area contributed by atoms with E-state index >= 15 is 0 Å². The lowest BCUT2D eigenvalue weighted by atomic mass is 9.80. The number of rotatable bonds is 6. The normalized spacial score (nSPS) is 32.1. The average molecular weight is 361 g/mol. The van der Waals surface area contributed by atoms with Crippen molar-refractivity contribution >= 4 is 17.1 Å². The van der Waals surface area contributed by atoms with Gasteiger partial charge in [-0.05, 0) is 43.9 Å². The molecule has 6 nitrogen and oxygen atoms in total. The van der Waals surface area contributed by atoms with Gasteiger partial charge in [-0.15, -0.1) is 0 Å². The van der Waals surface area contributed by atoms with Crippen LogP contribution in [0.3, 0.4) is 0 Å². The third kappa shape index (κ3) is 5.17. The first-order valence-electron chi connectivity index (χ1n) is 8.98. The van der Waals surface area contributed by atoms with Crippen LogP contribution in [0.2, 0.25) is 0 Å². The largest absolute Gasteiger partial charge is 0.453 e. The molecular formula is C17H32N2O4S. The van der Waals surface area contributed by atoms with Gasteiger partial charge in [-0.2, -0.15) is 0 Å². The third-order valence-corrected chi connectivity index (χ3v) is 6.07. The molecule has 2 rings (SSSR count). The zero-order valence-corrected chi connectivity index (χ0v) is 16.1. The number of nitrogens with one attached hydrogen (secondary N) is 1. The Kier molecular flexibility index (Phi) is 7.50. The third-order valence-electron chi connectivity index (χ3n) is 5.44. The van der Waals surface area contributed by atoms with E-state index in [2.05, 4.69) is 18.6 Å². The van der Waals surface area contributed by atoms with Gasteiger partial charge in [-0.3, -0.25) is 0 Å². The van der Waals surface area contributed by atoms with Crippen LogP contribution in [-0.2, 0) is 20.5 Å². The molecule has 0 aromatic rings. The maximum atomic E-state index is 12.0. The summed E-state index contributed by atoms with van der Waals surface area (Å²) in [5, 5.41) is 0. The van der Waals surface area contributed by atoms with Gasteiger partial charge in [0.15, 0.2) is 0 Å². The molecule has 24 heavy (non-hydrogen) atoms. The number of carbonyl (C=O) groups excluding carboxylic acids is 1. The van der Waals surface area contributed by atoms with Crippen LogP contribution >= 0.6 is 0 Å². The predicted octanol–water partition coefficient (Wildman–Crippen LogP) is 2.31. The summed E-state index contributed by atoms with van der Waals surface area (Å²) in [6.45, 7) is 5.66. The van der Waals surface area contributed by atoms with E-state index < -0.39 is 11.0 Å². The van der Waals surface area contributed by atoms with Crippen molar-refractivity contribution in [3.05, 3.63) is 0 Å². The zero-order chi connectivity index (χ0) is 17.7. The van der Waals surface area contributed by atoms with Crippen LogP contribution in [0.15, 0.2) is 0 Å². The van der Waals surface area contributed by atoms with E-state index in [1.54, 1.807) is 11.2 Å². The lowest BCUT2D eigenvalue weighted by Gasteiger charge is -2.33. The van der Waals surface area contributed by atoms with Crippen LogP contribution in [0.25, 0.3) is 0 Å². The Morgan fingerprint density at radius 3 is 2.46 bits per heavy atom. The average Bonchev–Trinajstić information content (AvgIpc) is 2.94. The van der Waals surface area contributed by atoms with E-state index in [1.165, 1.54) is 20.0 Å². The van der Waals surface area contributed by atoms with E-state index in [0.29, 0.717) is 13.2 Å². The van der Waals surface area contributed by atoms with Crippen molar-refractivity contribution in [1.82, 2.24) is 9.62 Å². The molecule has 0 bridgehead atoms. The number of carbonyl (C=O) groups is 1. The molecule has 1 heterocycles. The van der Waals surface area contributed by atoms with Crippen molar-refractivity contribution in [1.29, 1.82) is 0 Å². The Bertz CT molecular complexity index is 438. The molecule has 1 saturated heterocycles. The number of hydrogen-bond acceptors (Lipinski definition) is 4. The molecule has 7 heteroatoms. The minimum Gasteiger partial charge on any atom is -0.453 e. The Hall–Kier alpha value is -0.660. The first-order valence-corrected chi connectivity index (χ1v) is 10.5. The summed E-state index contributed by atoms with van der Waals surface area (Å²) in [5.41, 5.74) is 0. The Labute approximate surface area is 148 Å². The van der Waals surface area contributed by atoms with Gasteiger partial charge in [0.1, 0.15) is 0 Å². The Balaban J connectivity index is 1.88. The minimum atomic E-state index is -1.11. The number of ether oxygens (including phenoxy) is 2. The molecule has 0 aromatic carbocycles. The Morgan fingerprint density at radius 1 is 1.25 bits per heavy atom. The van der Waals surface area contributed by atoms with Gasteiger partial charge in [0.2, 0.25) is 0 Å². The highest BCUT2D eigenvalue weighted by Crippen LogP contribution is 2.31. The van der Waals surface area contributed by atoms with Gasteiger partial charge in [0.25, 0.3) is 0 Å². The highest BCUT2D eigenvalue weighted by molar-refractivity contribution is 7.82. The Morgan fingerprint density at radius 2 is 1.92 bits per heavy atom. The van der Waals surface area contributed by atoms with Crippen LogP contribution < -0.4 is 4.72 Å². The molecular weight excluding hydrogens is 328 g/mol. The smallest absolute Gasteiger partial charge is 0.409 e. The van der Waals surface area contributed by atoms with Crippen LogP contribution in [0, 0.1) is 11.8 Å². The summed E-state index contributed by atoms with van der Waals surface area (Å²) >= 11 is 0. The molecule has 140 valence electrons. The molecule has 1 aliphatic carbocycles. The van der Waals surface area contributed by atoms with Gasteiger partial charge < -0.3 is 14.4 Å². The SMILES string of the molecule is COC(=O)N1CCC(NS(C)=O)C1COC1CCC(C(C)C)CC1. The van der Waals surface area contributed by atoms with Gasteiger partial charge in [-0.25, -0.2) is 13.7 Å². The molecule has 1 amide bonds. The number of methoxy groups -OCH3 is 1. The summed E-state index contributed by atoms with van der Waals surface area (Å²) in [6, 6.07) is -0.133. The zero-order valence-electron chi connectivity index (χ0n) is 15.3. The summed E-state index contributed by atoms with van der Waals surface area (Å²) < 4.78 is 25.6. The fraction of sp³-hybridized carbons (Fsp3) is 0.941. The first-order chi connectivity index (χ1) is 11.4. The molecule has 1 saturated carbocycles. The first kappa shape index (κ1) is 19.7. The maximum Gasteiger partial charge on any atom is 0.409 e. The highest BCUT2D eigenvalue weighted by Gasteiger charge is 2.39. The highest BCUT2D eigenvalue weighted by atomic mass is 32.2. The summed E-state index contributed by atoms with van der Waals surface area (Å²) in [4.78, 5) is 13.7. The van der Waals surface area contributed by atoms with Crippen molar-refractivity contribution in [3.63, 3.8) is 0 Å². The van der Waals surface area contributed by atoms with Crippen molar-refractivity contribution in [2.75, 3.05) is 26.5 Å². The van der Waals surface area contributed by atoms with E-state index in [1.807, 2.05) is 0 Å². The van der Waals surface area contributed by atoms with Crippen molar-refractivity contribution in [3.8, 4) is 0 Å². The van der Waals surface area contributed by atoms with E-state index in [4.69, 9.17) is 9.47 Å². The van der Waals surface area contributed by atoms with Crippen LogP contribution in [0.5, 0.6) is 0 Å². The molecule has 0 spiro atoms.